The summed E-state index contributed by atoms with van der Waals surface area (Å²) in [6.45, 7) is 0.251. The molecule has 112 valence electrons. The van der Waals surface area contributed by atoms with Crippen LogP contribution < -0.4 is 5.32 Å². The van der Waals surface area contributed by atoms with E-state index in [-0.39, 0.29) is 16.8 Å². The normalized spacial score (nSPS) is 20.4. The maximum absolute atomic E-state index is 13.5. The highest BCUT2D eigenvalue weighted by Gasteiger charge is 2.34. The van der Waals surface area contributed by atoms with Crippen molar-refractivity contribution in [2.45, 2.75) is 12.6 Å². The predicted octanol–water partition coefficient (Wildman–Crippen LogP) is 3.17. The van der Waals surface area contributed by atoms with Gasteiger partial charge in [0, 0.05) is 19.3 Å². The highest BCUT2D eigenvalue weighted by Crippen LogP contribution is 2.23. The summed E-state index contributed by atoms with van der Waals surface area (Å²) in [5, 5.41) is 3.01. The molecule has 8 heteroatoms. The largest absolute Gasteiger partial charge is 0.401 e. The molecular weight excluding hydrogens is 298 g/mol. The standard InChI is InChI=1S/C12H14ClF4N3/c13-9-3-10(14)11(19-5-9)18-4-8-1-2-20(6-8)7-12(15,16)17/h3,5,8H,1-2,4,6-7H2,(H,18,19). The van der Waals surface area contributed by atoms with Crippen molar-refractivity contribution in [3.05, 3.63) is 23.1 Å². The van der Waals surface area contributed by atoms with E-state index >= 15 is 0 Å². The molecule has 2 rings (SSSR count). The first-order valence-corrected chi connectivity index (χ1v) is 6.55. The summed E-state index contributed by atoms with van der Waals surface area (Å²) in [6, 6.07) is 1.14. The molecule has 0 bridgehead atoms. The van der Waals surface area contributed by atoms with Gasteiger partial charge in [-0.15, -0.1) is 0 Å². The fourth-order valence-corrected chi connectivity index (χ4v) is 2.41. The van der Waals surface area contributed by atoms with E-state index in [4.69, 9.17) is 11.6 Å². The molecule has 1 aromatic heterocycles. The fourth-order valence-electron chi connectivity index (χ4n) is 2.26. The summed E-state index contributed by atoms with van der Waals surface area (Å²) in [6.07, 6.45) is -2.21. The smallest absolute Gasteiger partial charge is 0.367 e. The first kappa shape index (κ1) is 15.3. The zero-order valence-corrected chi connectivity index (χ0v) is 11.3. The van der Waals surface area contributed by atoms with E-state index in [9.17, 15) is 17.6 Å². The van der Waals surface area contributed by atoms with Crippen LogP contribution in [0.4, 0.5) is 23.4 Å². The predicted molar refractivity (Wildman–Crippen MR) is 68.3 cm³/mol. The lowest BCUT2D eigenvalue weighted by atomic mass is 10.1. The van der Waals surface area contributed by atoms with Gasteiger partial charge in [-0.3, -0.25) is 4.90 Å². The molecule has 1 saturated heterocycles. The quantitative estimate of drug-likeness (QED) is 0.866. The van der Waals surface area contributed by atoms with Gasteiger partial charge in [0.15, 0.2) is 11.6 Å². The Morgan fingerprint density at radius 1 is 1.45 bits per heavy atom. The van der Waals surface area contributed by atoms with Crippen LogP contribution >= 0.6 is 11.6 Å². The lowest BCUT2D eigenvalue weighted by Gasteiger charge is -2.18. The van der Waals surface area contributed by atoms with Gasteiger partial charge in [0.05, 0.1) is 11.6 Å². The molecule has 1 aliphatic heterocycles. The molecule has 1 fully saturated rings. The molecule has 1 N–H and O–H groups in total. The van der Waals surface area contributed by atoms with Crippen molar-refractivity contribution >= 4 is 17.4 Å². The molecule has 0 spiro atoms. The number of rotatable bonds is 4. The van der Waals surface area contributed by atoms with Gasteiger partial charge in [0.2, 0.25) is 0 Å². The molecule has 1 unspecified atom stereocenters. The second-order valence-corrected chi connectivity index (χ2v) is 5.31. The monoisotopic (exact) mass is 311 g/mol. The van der Waals surface area contributed by atoms with Crippen LogP contribution in [0.5, 0.6) is 0 Å². The Balaban J connectivity index is 1.81. The molecule has 1 aliphatic rings. The van der Waals surface area contributed by atoms with Gasteiger partial charge in [-0.1, -0.05) is 11.6 Å². The van der Waals surface area contributed by atoms with Crippen LogP contribution in [0.1, 0.15) is 6.42 Å². The number of likely N-dealkylation sites (tertiary alicyclic amines) is 1. The van der Waals surface area contributed by atoms with E-state index in [1.807, 2.05) is 0 Å². The minimum Gasteiger partial charge on any atom is -0.367 e. The third-order valence-electron chi connectivity index (χ3n) is 3.14. The summed E-state index contributed by atoms with van der Waals surface area (Å²) in [5.41, 5.74) is 0. The Kier molecular flexibility index (Phi) is 4.70. The number of hydrogen-bond acceptors (Lipinski definition) is 3. The van der Waals surface area contributed by atoms with E-state index in [0.717, 1.165) is 6.07 Å². The van der Waals surface area contributed by atoms with Gasteiger partial charge in [-0.25, -0.2) is 9.37 Å². The molecule has 3 nitrogen and oxygen atoms in total. The number of aromatic nitrogens is 1. The summed E-state index contributed by atoms with van der Waals surface area (Å²) in [5.74, 6) is -0.444. The summed E-state index contributed by atoms with van der Waals surface area (Å²) in [4.78, 5) is 5.16. The van der Waals surface area contributed by atoms with E-state index in [0.29, 0.717) is 26.1 Å². The molecule has 0 saturated carbocycles. The number of nitrogens with zero attached hydrogens (tertiary/aromatic N) is 2. The zero-order valence-electron chi connectivity index (χ0n) is 10.6. The average molecular weight is 312 g/mol. The van der Waals surface area contributed by atoms with E-state index < -0.39 is 18.5 Å². The van der Waals surface area contributed by atoms with Crippen LogP contribution in [0.3, 0.4) is 0 Å². The van der Waals surface area contributed by atoms with Crippen LogP contribution in [-0.2, 0) is 0 Å². The van der Waals surface area contributed by atoms with Gasteiger partial charge in [0.1, 0.15) is 0 Å². The van der Waals surface area contributed by atoms with Crippen LogP contribution in [0.2, 0.25) is 5.02 Å². The molecule has 1 aromatic rings. The van der Waals surface area contributed by atoms with Gasteiger partial charge in [-0.2, -0.15) is 13.2 Å². The summed E-state index contributed by atoms with van der Waals surface area (Å²) >= 11 is 5.58. The van der Waals surface area contributed by atoms with E-state index in [1.54, 1.807) is 0 Å². The number of halogens is 5. The fraction of sp³-hybridized carbons (Fsp3) is 0.583. The van der Waals surface area contributed by atoms with E-state index in [1.165, 1.54) is 11.1 Å². The van der Waals surface area contributed by atoms with Crippen molar-refractivity contribution in [1.82, 2.24) is 9.88 Å². The average Bonchev–Trinajstić information content (AvgIpc) is 2.73. The number of hydrogen-bond donors (Lipinski definition) is 1. The topological polar surface area (TPSA) is 28.2 Å². The third-order valence-corrected chi connectivity index (χ3v) is 3.35. The van der Waals surface area contributed by atoms with Crippen molar-refractivity contribution in [3.63, 3.8) is 0 Å². The second-order valence-electron chi connectivity index (χ2n) is 4.87. The molecule has 1 atom stereocenters. The number of nitrogens with one attached hydrogen (secondary N) is 1. The molecule has 0 aliphatic carbocycles. The lowest BCUT2D eigenvalue weighted by molar-refractivity contribution is -0.143. The molecule has 0 amide bonds. The molecule has 0 radical (unpaired) electrons. The Morgan fingerprint density at radius 2 is 2.20 bits per heavy atom. The molecule has 20 heavy (non-hydrogen) atoms. The van der Waals surface area contributed by atoms with Crippen molar-refractivity contribution in [1.29, 1.82) is 0 Å². The first-order chi connectivity index (χ1) is 9.33. The third kappa shape index (κ3) is 4.49. The minimum atomic E-state index is -4.17. The Bertz CT molecular complexity index is 467. The number of pyridine rings is 1. The Hall–Kier alpha value is -1.08. The van der Waals surface area contributed by atoms with E-state index in [2.05, 4.69) is 10.3 Å². The summed E-state index contributed by atoms with van der Waals surface area (Å²) < 4.78 is 50.2. The van der Waals surface area contributed by atoms with Crippen molar-refractivity contribution in [2.24, 2.45) is 5.92 Å². The zero-order chi connectivity index (χ0) is 14.8. The van der Waals surface area contributed by atoms with Crippen molar-refractivity contribution in [2.75, 3.05) is 31.5 Å². The Morgan fingerprint density at radius 3 is 2.85 bits per heavy atom. The van der Waals surface area contributed by atoms with Crippen LogP contribution in [0.15, 0.2) is 12.3 Å². The molecule has 0 aromatic carbocycles. The maximum Gasteiger partial charge on any atom is 0.401 e. The number of alkyl halides is 3. The second kappa shape index (κ2) is 6.13. The van der Waals surface area contributed by atoms with Gasteiger partial charge in [-0.05, 0) is 24.9 Å². The van der Waals surface area contributed by atoms with Gasteiger partial charge in [0.25, 0.3) is 0 Å². The van der Waals surface area contributed by atoms with Crippen molar-refractivity contribution < 1.29 is 17.6 Å². The van der Waals surface area contributed by atoms with Gasteiger partial charge >= 0.3 is 6.18 Å². The highest BCUT2D eigenvalue weighted by atomic mass is 35.5. The molecular formula is C12H14ClF4N3. The maximum atomic E-state index is 13.5. The van der Waals surface area contributed by atoms with Crippen molar-refractivity contribution in [3.8, 4) is 0 Å². The van der Waals surface area contributed by atoms with Crippen LogP contribution in [-0.4, -0.2) is 42.2 Å². The van der Waals surface area contributed by atoms with Crippen LogP contribution in [0, 0.1) is 11.7 Å². The number of anilines is 1. The van der Waals surface area contributed by atoms with Gasteiger partial charge < -0.3 is 5.32 Å². The molecule has 2 heterocycles. The Labute approximate surface area is 118 Å². The minimum absolute atomic E-state index is 0.0502. The highest BCUT2D eigenvalue weighted by molar-refractivity contribution is 6.30. The SMILES string of the molecule is Fc1cc(Cl)cnc1NCC1CCN(CC(F)(F)F)C1. The lowest BCUT2D eigenvalue weighted by Crippen LogP contribution is -2.33. The summed E-state index contributed by atoms with van der Waals surface area (Å²) in [7, 11) is 0. The first-order valence-electron chi connectivity index (χ1n) is 6.17. The van der Waals surface area contributed by atoms with Crippen LogP contribution in [0.25, 0.3) is 0 Å².